The Labute approximate surface area is 121 Å². The second-order valence-electron chi connectivity index (χ2n) is 4.52. The molecule has 0 spiro atoms. The molecule has 3 aromatic rings. The zero-order valence-corrected chi connectivity index (χ0v) is 11.7. The number of nitrogens with one attached hydrogen (secondary N) is 2. The van der Waals surface area contributed by atoms with E-state index >= 15 is 0 Å². The Morgan fingerprint density at radius 2 is 2.00 bits per heavy atom. The van der Waals surface area contributed by atoms with Crippen molar-refractivity contribution < 1.29 is 5.11 Å². The number of hydrogen-bond donors (Lipinski definition) is 3. The number of aromatic amines is 1. The third kappa shape index (κ3) is 2.89. The third-order valence-corrected chi connectivity index (χ3v) is 3.95. The number of phenolic OH excluding ortho intramolecular Hbond substituents is 1. The van der Waals surface area contributed by atoms with E-state index in [2.05, 4.69) is 27.0 Å². The first-order chi connectivity index (χ1) is 9.83. The minimum absolute atomic E-state index is 0.295. The molecule has 2 aromatic heterocycles. The van der Waals surface area contributed by atoms with Crippen LogP contribution >= 0.6 is 11.3 Å². The molecule has 0 amide bonds. The number of hydrogen-bond acceptors (Lipinski definition) is 4. The number of rotatable bonds is 5. The van der Waals surface area contributed by atoms with Gasteiger partial charge in [0.05, 0.1) is 16.8 Å². The van der Waals surface area contributed by atoms with Crippen molar-refractivity contribution in [2.45, 2.75) is 13.1 Å². The third-order valence-electron chi connectivity index (χ3n) is 3.07. The average Bonchev–Trinajstić information content (AvgIpc) is 3.11. The zero-order chi connectivity index (χ0) is 13.8. The Morgan fingerprint density at radius 1 is 1.15 bits per heavy atom. The average molecular weight is 285 g/mol. The lowest BCUT2D eigenvalue weighted by Crippen LogP contribution is -2.12. The molecule has 3 rings (SSSR count). The molecule has 3 N–H and O–H groups in total. The summed E-state index contributed by atoms with van der Waals surface area (Å²) in [5, 5.41) is 21.9. The monoisotopic (exact) mass is 285 g/mol. The van der Waals surface area contributed by atoms with Crippen molar-refractivity contribution in [1.82, 2.24) is 15.5 Å². The fraction of sp³-hybridized carbons (Fsp3) is 0.133. The van der Waals surface area contributed by atoms with Gasteiger partial charge >= 0.3 is 0 Å². The van der Waals surface area contributed by atoms with E-state index in [1.165, 1.54) is 4.88 Å². The summed E-state index contributed by atoms with van der Waals surface area (Å²) in [7, 11) is 0. The number of aromatic hydroxyl groups is 1. The van der Waals surface area contributed by atoms with Crippen LogP contribution in [-0.4, -0.2) is 15.3 Å². The highest BCUT2D eigenvalue weighted by atomic mass is 32.1. The lowest BCUT2D eigenvalue weighted by Gasteiger charge is -2.05. The maximum Gasteiger partial charge on any atom is 0.115 e. The van der Waals surface area contributed by atoms with Crippen LogP contribution in [0.15, 0.2) is 48.0 Å². The SMILES string of the molecule is Oc1ccc(CNCc2cn[nH]c2-c2cccs2)cc1. The number of benzene rings is 1. The standard InChI is InChI=1S/C15H15N3OS/c19-13-5-3-11(4-6-13)8-16-9-12-10-17-18-15(12)14-2-1-7-20-14/h1-7,10,16,19H,8-9H2,(H,17,18). The highest BCUT2D eigenvalue weighted by molar-refractivity contribution is 7.13. The van der Waals surface area contributed by atoms with E-state index in [1.807, 2.05) is 24.4 Å². The second kappa shape index (κ2) is 5.90. The first-order valence-electron chi connectivity index (χ1n) is 6.37. The summed E-state index contributed by atoms with van der Waals surface area (Å²) in [6.45, 7) is 1.51. The lowest BCUT2D eigenvalue weighted by molar-refractivity contribution is 0.475. The Morgan fingerprint density at radius 3 is 2.75 bits per heavy atom. The van der Waals surface area contributed by atoms with Crippen LogP contribution in [0.1, 0.15) is 11.1 Å². The minimum Gasteiger partial charge on any atom is -0.508 e. The molecule has 5 heteroatoms. The molecule has 102 valence electrons. The summed E-state index contributed by atoms with van der Waals surface area (Å²) in [6, 6.07) is 11.4. The fourth-order valence-electron chi connectivity index (χ4n) is 2.03. The highest BCUT2D eigenvalue weighted by Gasteiger charge is 2.07. The van der Waals surface area contributed by atoms with E-state index in [0.29, 0.717) is 5.75 Å². The quantitative estimate of drug-likeness (QED) is 0.675. The number of thiophene rings is 1. The van der Waals surface area contributed by atoms with Gasteiger partial charge in [-0.3, -0.25) is 5.10 Å². The second-order valence-corrected chi connectivity index (χ2v) is 5.47. The van der Waals surface area contributed by atoms with Crippen molar-refractivity contribution in [2.75, 3.05) is 0 Å². The maximum absolute atomic E-state index is 9.24. The smallest absolute Gasteiger partial charge is 0.115 e. The fourth-order valence-corrected chi connectivity index (χ4v) is 2.79. The number of phenols is 1. The summed E-state index contributed by atoms with van der Waals surface area (Å²) in [5.74, 6) is 0.295. The van der Waals surface area contributed by atoms with Crippen LogP contribution < -0.4 is 5.32 Å². The van der Waals surface area contributed by atoms with Gasteiger partial charge in [-0.05, 0) is 29.1 Å². The number of aromatic nitrogens is 2. The number of nitrogens with zero attached hydrogens (tertiary/aromatic N) is 1. The van der Waals surface area contributed by atoms with E-state index in [0.717, 1.165) is 29.9 Å². The van der Waals surface area contributed by atoms with Gasteiger partial charge in [-0.25, -0.2) is 0 Å². The van der Waals surface area contributed by atoms with Crippen LogP contribution in [0, 0.1) is 0 Å². The molecule has 0 bridgehead atoms. The Kier molecular flexibility index (Phi) is 3.80. The Bertz CT molecular complexity index is 659. The molecular weight excluding hydrogens is 270 g/mol. The van der Waals surface area contributed by atoms with Crippen LogP contribution in [0.2, 0.25) is 0 Å². The van der Waals surface area contributed by atoms with Gasteiger partial charge in [-0.15, -0.1) is 11.3 Å². The summed E-state index contributed by atoms with van der Waals surface area (Å²) in [5.41, 5.74) is 3.38. The van der Waals surface area contributed by atoms with Crippen LogP contribution in [0.5, 0.6) is 5.75 Å². The summed E-state index contributed by atoms with van der Waals surface area (Å²) >= 11 is 1.70. The van der Waals surface area contributed by atoms with Gasteiger partial charge in [-0.2, -0.15) is 5.10 Å². The molecule has 0 unspecified atom stereocenters. The predicted molar refractivity (Wildman–Crippen MR) is 80.6 cm³/mol. The van der Waals surface area contributed by atoms with Crippen LogP contribution in [0.25, 0.3) is 10.6 Å². The number of H-pyrrole nitrogens is 1. The topological polar surface area (TPSA) is 60.9 Å². The van der Waals surface area contributed by atoms with Crippen molar-refractivity contribution in [3.8, 4) is 16.3 Å². The molecule has 0 radical (unpaired) electrons. The van der Waals surface area contributed by atoms with Gasteiger partial charge in [-0.1, -0.05) is 18.2 Å². The zero-order valence-electron chi connectivity index (χ0n) is 10.8. The van der Waals surface area contributed by atoms with Crippen molar-refractivity contribution in [3.05, 3.63) is 59.1 Å². The molecule has 0 atom stereocenters. The van der Waals surface area contributed by atoms with E-state index in [-0.39, 0.29) is 0 Å². The van der Waals surface area contributed by atoms with Crippen LogP contribution in [-0.2, 0) is 13.1 Å². The molecular formula is C15H15N3OS. The van der Waals surface area contributed by atoms with Gasteiger partial charge in [0, 0.05) is 18.7 Å². The molecule has 0 fully saturated rings. The molecule has 0 aliphatic carbocycles. The largest absolute Gasteiger partial charge is 0.508 e. The summed E-state index contributed by atoms with van der Waals surface area (Å²) in [4.78, 5) is 1.20. The molecule has 0 aliphatic rings. The van der Waals surface area contributed by atoms with Crippen molar-refractivity contribution in [3.63, 3.8) is 0 Å². The predicted octanol–water partition coefficient (Wildman–Crippen LogP) is 3.13. The first-order valence-corrected chi connectivity index (χ1v) is 7.25. The maximum atomic E-state index is 9.24. The van der Waals surface area contributed by atoms with Crippen molar-refractivity contribution in [1.29, 1.82) is 0 Å². The molecule has 2 heterocycles. The normalized spacial score (nSPS) is 10.8. The molecule has 20 heavy (non-hydrogen) atoms. The molecule has 0 saturated heterocycles. The minimum atomic E-state index is 0.295. The van der Waals surface area contributed by atoms with Gasteiger partial charge in [0.2, 0.25) is 0 Å². The van der Waals surface area contributed by atoms with E-state index < -0.39 is 0 Å². The van der Waals surface area contributed by atoms with Gasteiger partial charge in [0.15, 0.2) is 0 Å². The Hall–Kier alpha value is -2.11. The van der Waals surface area contributed by atoms with Crippen LogP contribution in [0.4, 0.5) is 0 Å². The molecule has 0 saturated carbocycles. The lowest BCUT2D eigenvalue weighted by atomic mass is 10.2. The summed E-state index contributed by atoms with van der Waals surface area (Å²) < 4.78 is 0. The highest BCUT2D eigenvalue weighted by Crippen LogP contribution is 2.25. The van der Waals surface area contributed by atoms with Crippen LogP contribution in [0.3, 0.4) is 0 Å². The molecule has 4 nitrogen and oxygen atoms in total. The van der Waals surface area contributed by atoms with Gasteiger partial charge in [0.1, 0.15) is 5.75 Å². The van der Waals surface area contributed by atoms with E-state index in [1.54, 1.807) is 23.5 Å². The molecule has 0 aliphatic heterocycles. The van der Waals surface area contributed by atoms with Gasteiger partial charge in [0.25, 0.3) is 0 Å². The van der Waals surface area contributed by atoms with E-state index in [4.69, 9.17) is 0 Å². The van der Waals surface area contributed by atoms with Gasteiger partial charge < -0.3 is 10.4 Å². The van der Waals surface area contributed by atoms with E-state index in [9.17, 15) is 5.11 Å². The molecule has 1 aromatic carbocycles. The van der Waals surface area contributed by atoms with Crippen molar-refractivity contribution in [2.24, 2.45) is 0 Å². The van der Waals surface area contributed by atoms with Crippen molar-refractivity contribution >= 4 is 11.3 Å². The Balaban J connectivity index is 1.62. The summed E-state index contributed by atoms with van der Waals surface area (Å²) in [6.07, 6.45) is 1.86. The first kappa shape index (κ1) is 12.9.